The number of hydrogen-bond donors (Lipinski definition) is 2. The first-order chi connectivity index (χ1) is 24.8. The molecule has 6 atom stereocenters. The molecule has 2 saturated heterocycles. The molecule has 2 aromatic heterocycles. The van der Waals surface area contributed by atoms with Crippen LogP contribution in [0.4, 0.5) is 9.59 Å². The van der Waals surface area contributed by atoms with Crippen molar-refractivity contribution in [3.05, 3.63) is 84.7 Å². The third kappa shape index (κ3) is 6.11. The van der Waals surface area contributed by atoms with Crippen LogP contribution in [0.3, 0.4) is 0 Å². The van der Waals surface area contributed by atoms with E-state index < -0.39 is 11.2 Å². The standard InChI is InChI=1S/C42H46N6O4/c1-41(2,3)51-39(49)47-33-17-29(33)19-35(47)37-43-21-31(45-37)24-9-7-23(8-10-24)25-11-12-27-16-28(14-13-26(27)15-25)32-22-44-38(46-32)36-20-30-18-34(30)48(36)40(50)52-42(4,5)6/h7-16,21-22,29-30,33-36H,17-20H2,1-6H3,(H,43,45)(H,44,46)/t29-,30?,33-,34-,35+,36+/m1/s1. The number of piperidine rings is 2. The molecule has 4 heterocycles. The number of fused-ring (bicyclic) bond motifs is 3. The molecule has 10 nitrogen and oxygen atoms in total. The molecule has 0 radical (unpaired) electrons. The summed E-state index contributed by atoms with van der Waals surface area (Å²) in [4.78, 5) is 46.4. The molecule has 52 heavy (non-hydrogen) atoms. The molecule has 1 unspecified atom stereocenters. The third-order valence-electron chi connectivity index (χ3n) is 10.9. The van der Waals surface area contributed by atoms with Crippen molar-refractivity contribution in [1.29, 1.82) is 0 Å². The molecule has 2 N–H and O–H groups in total. The second kappa shape index (κ2) is 11.7. The van der Waals surface area contributed by atoms with Gasteiger partial charge in [0.15, 0.2) is 0 Å². The van der Waals surface area contributed by atoms with Crippen LogP contribution in [0.1, 0.15) is 91.0 Å². The Labute approximate surface area is 303 Å². The molecule has 2 aliphatic carbocycles. The molecule has 0 spiro atoms. The Morgan fingerprint density at radius 1 is 0.596 bits per heavy atom. The smallest absolute Gasteiger partial charge is 0.411 e. The molecule has 9 rings (SSSR count). The summed E-state index contributed by atoms with van der Waals surface area (Å²) in [7, 11) is 0. The van der Waals surface area contributed by atoms with Crippen LogP contribution in [0.5, 0.6) is 0 Å². The molecule has 5 aromatic rings. The second-order valence-electron chi connectivity index (χ2n) is 17.1. The maximum atomic E-state index is 13.1. The maximum absolute atomic E-state index is 13.1. The van der Waals surface area contributed by atoms with E-state index in [1.807, 2.05) is 63.7 Å². The van der Waals surface area contributed by atoms with Gasteiger partial charge >= 0.3 is 12.2 Å². The Morgan fingerprint density at radius 3 is 1.52 bits per heavy atom. The molecule has 2 saturated carbocycles. The lowest BCUT2D eigenvalue weighted by molar-refractivity contribution is 0.0164. The Morgan fingerprint density at radius 2 is 1.02 bits per heavy atom. The second-order valence-corrected chi connectivity index (χ2v) is 17.1. The Bertz CT molecular complexity index is 2190. The van der Waals surface area contributed by atoms with E-state index in [1.54, 1.807) is 0 Å². The van der Waals surface area contributed by atoms with Crippen molar-refractivity contribution in [2.24, 2.45) is 11.8 Å². The highest BCUT2D eigenvalue weighted by Crippen LogP contribution is 2.54. The number of H-pyrrole nitrogens is 2. The van der Waals surface area contributed by atoms with E-state index in [0.717, 1.165) is 81.7 Å². The lowest BCUT2D eigenvalue weighted by Crippen LogP contribution is -2.38. The first kappa shape index (κ1) is 32.8. The van der Waals surface area contributed by atoms with E-state index in [-0.39, 0.29) is 36.4 Å². The van der Waals surface area contributed by atoms with Crippen molar-refractivity contribution < 1.29 is 19.1 Å². The zero-order chi connectivity index (χ0) is 36.1. The van der Waals surface area contributed by atoms with Crippen LogP contribution in [0.25, 0.3) is 44.4 Å². The van der Waals surface area contributed by atoms with E-state index >= 15 is 0 Å². The van der Waals surface area contributed by atoms with Crippen molar-refractivity contribution in [1.82, 2.24) is 29.7 Å². The van der Waals surface area contributed by atoms with Crippen LogP contribution >= 0.6 is 0 Å². The molecule has 2 aliphatic heterocycles. The summed E-state index contributed by atoms with van der Waals surface area (Å²) in [5, 5.41) is 2.29. The predicted molar refractivity (Wildman–Crippen MR) is 199 cm³/mol. The van der Waals surface area contributed by atoms with Gasteiger partial charge in [-0.2, -0.15) is 0 Å². The average molecular weight is 699 g/mol. The van der Waals surface area contributed by atoms with E-state index in [2.05, 4.69) is 70.6 Å². The molecule has 0 bridgehead atoms. The molecule has 4 aliphatic rings. The van der Waals surface area contributed by atoms with E-state index in [1.165, 1.54) is 0 Å². The van der Waals surface area contributed by atoms with Gasteiger partial charge in [-0.25, -0.2) is 19.6 Å². The number of rotatable bonds is 5. The average Bonchev–Trinajstić information content (AvgIpc) is 3.68. The van der Waals surface area contributed by atoms with Gasteiger partial charge in [-0.15, -0.1) is 0 Å². The number of nitrogens with one attached hydrogen (secondary N) is 2. The fourth-order valence-electron chi connectivity index (χ4n) is 8.30. The number of aromatic amines is 2. The van der Waals surface area contributed by atoms with Crippen LogP contribution in [0, 0.1) is 11.8 Å². The van der Waals surface area contributed by atoms with Gasteiger partial charge in [0.2, 0.25) is 0 Å². The molecule has 4 fully saturated rings. The highest BCUT2D eigenvalue weighted by Gasteiger charge is 2.57. The summed E-state index contributed by atoms with van der Waals surface area (Å²) in [5.41, 5.74) is 5.17. The number of benzene rings is 3. The fourth-order valence-corrected chi connectivity index (χ4v) is 8.30. The summed E-state index contributed by atoms with van der Waals surface area (Å²) in [6.45, 7) is 11.4. The minimum atomic E-state index is -0.535. The van der Waals surface area contributed by atoms with Crippen LogP contribution < -0.4 is 0 Å². The van der Waals surface area contributed by atoms with E-state index in [0.29, 0.717) is 11.8 Å². The predicted octanol–water partition coefficient (Wildman–Crippen LogP) is 9.43. The largest absolute Gasteiger partial charge is 0.444 e. The fraction of sp³-hybridized carbons (Fsp3) is 0.429. The third-order valence-corrected chi connectivity index (χ3v) is 10.9. The lowest BCUT2D eigenvalue weighted by atomic mass is 9.98. The molecule has 2 amide bonds. The van der Waals surface area contributed by atoms with Crippen molar-refractivity contribution >= 4 is 23.0 Å². The van der Waals surface area contributed by atoms with Gasteiger partial charge in [0.25, 0.3) is 0 Å². The van der Waals surface area contributed by atoms with Gasteiger partial charge < -0.3 is 19.4 Å². The first-order valence-electron chi connectivity index (χ1n) is 18.6. The first-order valence-corrected chi connectivity index (χ1v) is 18.6. The number of likely N-dealkylation sites (tertiary alicyclic amines) is 2. The Balaban J connectivity index is 0.890. The lowest BCUT2D eigenvalue weighted by Gasteiger charge is -2.29. The van der Waals surface area contributed by atoms with Gasteiger partial charge in [-0.05, 0) is 119 Å². The minimum absolute atomic E-state index is 0.0904. The van der Waals surface area contributed by atoms with Crippen LogP contribution in [0.15, 0.2) is 73.1 Å². The maximum Gasteiger partial charge on any atom is 0.411 e. The number of imidazole rings is 2. The van der Waals surface area contributed by atoms with Crippen molar-refractivity contribution in [2.45, 2.75) is 103 Å². The van der Waals surface area contributed by atoms with Gasteiger partial charge in [-0.1, -0.05) is 48.5 Å². The number of aromatic nitrogens is 4. The van der Waals surface area contributed by atoms with E-state index in [4.69, 9.17) is 19.4 Å². The topological polar surface area (TPSA) is 116 Å². The number of carbonyl (C=O) groups is 2. The monoisotopic (exact) mass is 698 g/mol. The summed E-state index contributed by atoms with van der Waals surface area (Å²) < 4.78 is 11.5. The molecular formula is C42H46N6O4. The molecule has 3 aromatic carbocycles. The Hall–Kier alpha value is -5.12. The summed E-state index contributed by atoms with van der Waals surface area (Å²) in [6.07, 6.45) is 7.15. The molecule has 268 valence electrons. The van der Waals surface area contributed by atoms with Crippen molar-refractivity contribution in [3.8, 4) is 33.6 Å². The van der Waals surface area contributed by atoms with Crippen LogP contribution in [-0.4, -0.2) is 65.2 Å². The summed E-state index contributed by atoms with van der Waals surface area (Å²) in [6, 6.07) is 21.9. The van der Waals surface area contributed by atoms with Crippen molar-refractivity contribution in [3.63, 3.8) is 0 Å². The molecule has 10 heteroatoms. The van der Waals surface area contributed by atoms with E-state index in [9.17, 15) is 9.59 Å². The molecular weight excluding hydrogens is 652 g/mol. The minimum Gasteiger partial charge on any atom is -0.444 e. The zero-order valence-corrected chi connectivity index (χ0v) is 30.6. The van der Waals surface area contributed by atoms with Crippen molar-refractivity contribution in [2.75, 3.05) is 0 Å². The normalized spacial score (nSPS) is 24.9. The van der Waals surface area contributed by atoms with Crippen LogP contribution in [-0.2, 0) is 9.47 Å². The van der Waals surface area contributed by atoms with Gasteiger partial charge in [0.1, 0.15) is 22.9 Å². The number of hydrogen-bond acceptors (Lipinski definition) is 6. The number of carbonyl (C=O) groups excluding carboxylic acids is 2. The summed E-state index contributed by atoms with van der Waals surface area (Å²) in [5.74, 6) is 2.69. The van der Waals surface area contributed by atoms with Gasteiger partial charge in [0.05, 0.1) is 35.9 Å². The quantitative estimate of drug-likeness (QED) is 0.189. The Kier molecular flexibility index (Phi) is 7.37. The summed E-state index contributed by atoms with van der Waals surface area (Å²) >= 11 is 0. The van der Waals surface area contributed by atoms with Gasteiger partial charge in [-0.3, -0.25) is 9.80 Å². The number of nitrogens with zero attached hydrogens (tertiary/aromatic N) is 4. The SMILES string of the molecule is CC(C)(C)OC(=O)N1[C@@H]2CC2C[C@H]1c1ncc(-c2ccc3cc(-c4ccc(-c5cnc([C@@H]6C[C@H]7C[C@H]7N6C(=O)OC(C)(C)C)[nH]5)cc4)ccc3c2)[nH]1. The van der Waals surface area contributed by atoms with Gasteiger partial charge in [0, 0.05) is 17.6 Å². The number of ether oxygens (including phenoxy) is 2. The van der Waals surface area contributed by atoms with Crippen LogP contribution in [0.2, 0.25) is 0 Å². The zero-order valence-electron chi connectivity index (χ0n) is 30.6. The number of amides is 2. The highest BCUT2D eigenvalue weighted by atomic mass is 16.6. The highest BCUT2D eigenvalue weighted by molar-refractivity contribution is 5.90.